The molecular weight excluding hydrogens is 411 g/mol. The minimum Gasteiger partial charge on any atom is -0.548 e. The van der Waals surface area contributed by atoms with Crippen LogP contribution in [0.1, 0.15) is 45.7 Å². The predicted molar refractivity (Wildman–Crippen MR) is 107 cm³/mol. The molecule has 1 aromatic heterocycles. The maximum absolute atomic E-state index is 12.2. The van der Waals surface area contributed by atoms with Gasteiger partial charge in [0.2, 0.25) is 5.91 Å². The Bertz CT molecular complexity index is 974. The molecule has 3 rings (SSSR count). The van der Waals surface area contributed by atoms with Crippen LogP contribution in [-0.2, 0) is 20.9 Å². The van der Waals surface area contributed by atoms with Gasteiger partial charge in [-0.15, -0.1) is 0 Å². The van der Waals surface area contributed by atoms with Crippen LogP contribution in [-0.4, -0.2) is 39.9 Å². The molecule has 0 saturated heterocycles. The van der Waals surface area contributed by atoms with Crippen molar-refractivity contribution in [3.8, 4) is 11.1 Å². The van der Waals surface area contributed by atoms with Crippen LogP contribution in [0.2, 0.25) is 0 Å². The number of carbonyl (C=O) groups excluding carboxylic acids is 3. The number of aliphatic carboxylic acids is 1. The van der Waals surface area contributed by atoms with Crippen molar-refractivity contribution in [1.29, 1.82) is 0 Å². The van der Waals surface area contributed by atoms with Gasteiger partial charge in [0, 0.05) is 30.4 Å². The van der Waals surface area contributed by atoms with Crippen molar-refractivity contribution < 1.29 is 53.8 Å². The monoisotopic (exact) mass is 436 g/mol. The average molecular weight is 436 g/mol. The molecule has 0 bridgehead atoms. The number of fused-ring (bicyclic) bond motifs is 1. The molecular formula is C21H25N4NaO5. The quantitative estimate of drug-likeness (QED) is 0.578. The molecule has 10 heteroatoms. The smallest absolute Gasteiger partial charge is 0.548 e. The van der Waals surface area contributed by atoms with Crippen LogP contribution in [0, 0.1) is 0 Å². The third-order valence-electron chi connectivity index (χ3n) is 4.91. The van der Waals surface area contributed by atoms with Crippen molar-refractivity contribution >= 4 is 23.7 Å². The number of benzene rings is 1. The molecule has 1 N–H and O–H groups in total. The van der Waals surface area contributed by atoms with Gasteiger partial charge in [-0.3, -0.25) is 9.48 Å². The molecule has 0 saturated carbocycles. The number of alkyl carbamates (subject to hydrolysis) is 1. The third-order valence-corrected chi connectivity index (χ3v) is 4.91. The van der Waals surface area contributed by atoms with Gasteiger partial charge in [0.15, 0.2) is 0 Å². The number of hydrogen-bond donors (Lipinski definition) is 1. The summed E-state index contributed by atoms with van der Waals surface area (Å²) in [6.07, 6.45) is 2.94. The van der Waals surface area contributed by atoms with E-state index in [9.17, 15) is 19.5 Å². The third kappa shape index (κ3) is 5.87. The van der Waals surface area contributed by atoms with E-state index in [1.807, 2.05) is 25.1 Å². The van der Waals surface area contributed by atoms with Crippen LogP contribution >= 0.6 is 0 Å². The number of nitrogens with one attached hydrogen (secondary N) is 1. The van der Waals surface area contributed by atoms with Crippen molar-refractivity contribution in [2.45, 2.75) is 58.8 Å². The number of rotatable bonds is 5. The van der Waals surface area contributed by atoms with E-state index < -0.39 is 12.1 Å². The second kappa shape index (κ2) is 10.3. The molecule has 0 spiro atoms. The molecule has 31 heavy (non-hydrogen) atoms. The fourth-order valence-electron chi connectivity index (χ4n) is 3.78. The number of anilines is 1. The molecule has 0 radical (unpaired) electrons. The van der Waals surface area contributed by atoms with Gasteiger partial charge in [-0.2, -0.15) is 5.10 Å². The fourth-order valence-corrected chi connectivity index (χ4v) is 3.78. The summed E-state index contributed by atoms with van der Waals surface area (Å²) in [6.45, 7) is 6.66. The normalized spacial score (nSPS) is 17.5. The maximum atomic E-state index is 12.2. The van der Waals surface area contributed by atoms with Gasteiger partial charge in [0.25, 0.3) is 0 Å². The number of aromatic nitrogens is 2. The standard InChI is InChI=1S/C21H26N4O5.Na/c1-12(2)30-21(29)23-18-7-13(3)25(14(4)26)19-6-5-15(8-17(18)19)16-9-22-24(10-16)11-20(27)28;/h5-6,8-10,12-13,18H,7,11H2,1-4H3,(H,23,29)(H,27,28);/q;+1/p-1/t13-,18+;/m1./s1. The van der Waals surface area contributed by atoms with Gasteiger partial charge < -0.3 is 24.9 Å². The molecule has 9 nitrogen and oxygen atoms in total. The Hall–Kier alpha value is -2.36. The van der Waals surface area contributed by atoms with Gasteiger partial charge in [0.1, 0.15) is 0 Å². The topological polar surface area (TPSA) is 117 Å². The van der Waals surface area contributed by atoms with Gasteiger partial charge in [0.05, 0.1) is 30.9 Å². The second-order valence-electron chi connectivity index (χ2n) is 7.70. The second-order valence-corrected chi connectivity index (χ2v) is 7.70. The zero-order valence-corrected chi connectivity index (χ0v) is 20.4. The molecule has 160 valence electrons. The molecule has 1 aromatic carbocycles. The zero-order valence-electron chi connectivity index (χ0n) is 18.4. The maximum Gasteiger partial charge on any atom is 1.00 e. The van der Waals surface area contributed by atoms with Gasteiger partial charge in [-0.1, -0.05) is 6.07 Å². The molecule has 1 aliphatic heterocycles. The van der Waals surface area contributed by atoms with Crippen molar-refractivity contribution in [2.75, 3.05) is 4.90 Å². The fraction of sp³-hybridized carbons (Fsp3) is 0.429. The van der Waals surface area contributed by atoms with Gasteiger partial charge in [-0.25, -0.2) is 4.79 Å². The number of nitrogens with zero attached hydrogens (tertiary/aromatic N) is 3. The molecule has 0 aliphatic carbocycles. The van der Waals surface area contributed by atoms with Gasteiger partial charge in [-0.05, 0) is 50.5 Å². The number of amides is 2. The molecule has 0 fully saturated rings. The first-order valence-electron chi connectivity index (χ1n) is 9.79. The van der Waals surface area contributed by atoms with Crippen molar-refractivity contribution in [2.24, 2.45) is 0 Å². The van der Waals surface area contributed by atoms with Crippen molar-refractivity contribution in [3.05, 3.63) is 36.2 Å². The van der Waals surface area contributed by atoms with Crippen LogP contribution in [0.4, 0.5) is 10.5 Å². The Morgan fingerprint density at radius 2 is 2.00 bits per heavy atom. The van der Waals surface area contributed by atoms with E-state index in [1.165, 1.54) is 11.6 Å². The van der Waals surface area contributed by atoms with Crippen molar-refractivity contribution in [1.82, 2.24) is 15.1 Å². The summed E-state index contributed by atoms with van der Waals surface area (Å²) < 4.78 is 6.51. The Kier molecular flexibility index (Phi) is 8.27. The van der Waals surface area contributed by atoms with Crippen LogP contribution in [0.25, 0.3) is 11.1 Å². The molecule has 2 atom stereocenters. The molecule has 2 heterocycles. The van der Waals surface area contributed by atoms with E-state index in [4.69, 9.17) is 4.74 Å². The first-order chi connectivity index (χ1) is 14.2. The molecule has 0 unspecified atom stereocenters. The summed E-state index contributed by atoms with van der Waals surface area (Å²) >= 11 is 0. The van der Waals surface area contributed by atoms with E-state index in [0.717, 1.165) is 22.4 Å². The van der Waals surface area contributed by atoms with Crippen LogP contribution in [0.3, 0.4) is 0 Å². The number of carbonyl (C=O) groups is 3. The zero-order chi connectivity index (χ0) is 22.0. The summed E-state index contributed by atoms with van der Waals surface area (Å²) in [5.74, 6) is -1.31. The Balaban J connectivity index is 0.00000341. The summed E-state index contributed by atoms with van der Waals surface area (Å²) in [5, 5.41) is 17.7. The Labute approximate surface area is 203 Å². The average Bonchev–Trinajstić information content (AvgIpc) is 3.08. The molecule has 1 aliphatic rings. The van der Waals surface area contributed by atoms with Crippen LogP contribution in [0.5, 0.6) is 0 Å². The van der Waals surface area contributed by atoms with E-state index in [0.29, 0.717) is 6.42 Å². The number of hydrogen-bond acceptors (Lipinski definition) is 6. The first kappa shape index (κ1) is 24.9. The van der Waals surface area contributed by atoms with E-state index >= 15 is 0 Å². The summed E-state index contributed by atoms with van der Waals surface area (Å²) in [4.78, 5) is 37.0. The number of ether oxygens (including phenoxy) is 1. The number of carboxylic acids is 1. The summed E-state index contributed by atoms with van der Waals surface area (Å²) in [7, 11) is 0. The largest absolute Gasteiger partial charge is 1.00 e. The Morgan fingerprint density at radius 3 is 2.61 bits per heavy atom. The SMILES string of the molecule is CC(=O)N1c2ccc(-c3cnn(CC(=O)[O-])c3)cc2[C@@H](NC(=O)OC(C)C)C[C@H]1C.[Na+]. The molecule has 2 amide bonds. The minimum atomic E-state index is -1.23. The van der Waals surface area contributed by atoms with Crippen LogP contribution in [0.15, 0.2) is 30.6 Å². The van der Waals surface area contributed by atoms with E-state index in [1.54, 1.807) is 31.1 Å². The van der Waals surface area contributed by atoms with E-state index in [-0.39, 0.29) is 60.2 Å². The molecule has 2 aromatic rings. The predicted octanol–water partition coefficient (Wildman–Crippen LogP) is -1.38. The first-order valence-corrected chi connectivity index (χ1v) is 9.79. The minimum absolute atomic E-state index is 0. The van der Waals surface area contributed by atoms with Crippen LogP contribution < -0.4 is 44.9 Å². The van der Waals surface area contributed by atoms with Crippen molar-refractivity contribution in [3.63, 3.8) is 0 Å². The number of carboxylic acid groups (broad SMARTS) is 1. The van der Waals surface area contributed by atoms with E-state index in [2.05, 4.69) is 10.4 Å². The van der Waals surface area contributed by atoms with Gasteiger partial charge >= 0.3 is 35.7 Å². The summed E-state index contributed by atoms with van der Waals surface area (Å²) in [6, 6.07) is 5.13. The summed E-state index contributed by atoms with van der Waals surface area (Å²) in [5.41, 5.74) is 3.02. The Morgan fingerprint density at radius 1 is 1.29 bits per heavy atom.